The van der Waals surface area contributed by atoms with E-state index in [1.807, 2.05) is 6.08 Å². The van der Waals surface area contributed by atoms with Gasteiger partial charge in [-0.15, -0.1) is 13.2 Å². The quantitative estimate of drug-likeness (QED) is 0.399. The first-order valence-electron chi connectivity index (χ1n) is 7.12. The van der Waals surface area contributed by atoms with Crippen LogP contribution in [0, 0.1) is 11.8 Å². The van der Waals surface area contributed by atoms with E-state index in [9.17, 15) is 4.79 Å². The minimum atomic E-state index is -0.755. The van der Waals surface area contributed by atoms with Gasteiger partial charge in [-0.25, -0.2) is 0 Å². The Morgan fingerprint density at radius 3 is 2.11 bits per heavy atom. The molecule has 0 aromatic heterocycles. The molecule has 0 bridgehead atoms. The molecule has 0 heterocycles. The lowest BCUT2D eigenvalue weighted by atomic mass is 9.85. The third-order valence-electron chi connectivity index (χ3n) is 3.46. The molecule has 0 aromatic carbocycles. The predicted molar refractivity (Wildman–Crippen MR) is 77.6 cm³/mol. The molecule has 2 nitrogen and oxygen atoms in total. The number of hydrogen-bond acceptors (Lipinski definition) is 1. The second-order valence-electron chi connectivity index (χ2n) is 4.95. The van der Waals surface area contributed by atoms with E-state index in [4.69, 9.17) is 5.11 Å². The standard InChI is InChI=1S/C16H28O2/c1-4-7-8-9-10-11-12-14(5-2)15(6-3)13-16(17)18/h5-6,14-15H,2-4,7-13H2,1H3,(H,17,18). The predicted octanol–water partition coefficient (Wildman–Crippen LogP) is 4.82. The molecule has 0 radical (unpaired) electrons. The van der Waals surface area contributed by atoms with Crippen LogP contribution in [0.15, 0.2) is 25.3 Å². The van der Waals surface area contributed by atoms with Crippen LogP contribution >= 0.6 is 0 Å². The third kappa shape index (κ3) is 8.10. The molecule has 2 atom stereocenters. The highest BCUT2D eigenvalue weighted by atomic mass is 16.4. The van der Waals surface area contributed by atoms with Gasteiger partial charge in [-0.3, -0.25) is 4.79 Å². The first-order chi connectivity index (χ1) is 8.65. The number of unbranched alkanes of at least 4 members (excludes halogenated alkanes) is 5. The van der Waals surface area contributed by atoms with Crippen LogP contribution in [0.2, 0.25) is 0 Å². The molecule has 0 aliphatic rings. The van der Waals surface area contributed by atoms with Crippen molar-refractivity contribution >= 4 is 5.97 Å². The number of carboxylic acids is 1. The summed E-state index contributed by atoms with van der Waals surface area (Å²) in [5, 5.41) is 8.85. The minimum absolute atomic E-state index is 0.0237. The van der Waals surface area contributed by atoms with Gasteiger partial charge in [0.15, 0.2) is 0 Å². The van der Waals surface area contributed by atoms with Crippen molar-refractivity contribution in [3.63, 3.8) is 0 Å². The first kappa shape index (κ1) is 16.9. The van der Waals surface area contributed by atoms with Gasteiger partial charge < -0.3 is 5.11 Å². The molecule has 18 heavy (non-hydrogen) atoms. The number of aliphatic carboxylic acids is 1. The third-order valence-corrected chi connectivity index (χ3v) is 3.46. The van der Waals surface area contributed by atoms with Crippen molar-refractivity contribution in [2.45, 2.75) is 58.3 Å². The van der Waals surface area contributed by atoms with Crippen molar-refractivity contribution in [3.8, 4) is 0 Å². The van der Waals surface area contributed by atoms with E-state index in [1.54, 1.807) is 6.08 Å². The van der Waals surface area contributed by atoms with Gasteiger partial charge in [0, 0.05) is 0 Å². The average Bonchev–Trinajstić information content (AvgIpc) is 2.35. The molecule has 2 heteroatoms. The maximum Gasteiger partial charge on any atom is 0.303 e. The Morgan fingerprint density at radius 2 is 1.61 bits per heavy atom. The molecule has 0 rings (SSSR count). The molecule has 0 amide bonds. The van der Waals surface area contributed by atoms with E-state index in [1.165, 1.54) is 32.1 Å². The van der Waals surface area contributed by atoms with Gasteiger partial charge in [0.1, 0.15) is 0 Å². The fourth-order valence-corrected chi connectivity index (χ4v) is 2.28. The van der Waals surface area contributed by atoms with Gasteiger partial charge >= 0.3 is 5.97 Å². The molecule has 0 saturated carbocycles. The minimum Gasteiger partial charge on any atom is -0.481 e. The van der Waals surface area contributed by atoms with Crippen LogP contribution in [-0.2, 0) is 4.79 Å². The summed E-state index contributed by atoms with van der Waals surface area (Å²) in [6.45, 7) is 9.78. The molecule has 1 N–H and O–H groups in total. The molecular formula is C16H28O2. The zero-order valence-electron chi connectivity index (χ0n) is 11.7. The van der Waals surface area contributed by atoms with Gasteiger partial charge in [-0.05, 0) is 18.3 Å². The Hall–Kier alpha value is -1.05. The van der Waals surface area contributed by atoms with Crippen molar-refractivity contribution in [2.75, 3.05) is 0 Å². The number of hydrogen-bond donors (Lipinski definition) is 1. The first-order valence-corrected chi connectivity index (χ1v) is 7.12. The summed E-state index contributed by atoms with van der Waals surface area (Å²) in [5.41, 5.74) is 0. The molecule has 0 saturated heterocycles. The van der Waals surface area contributed by atoms with Gasteiger partial charge in [-0.1, -0.05) is 57.6 Å². The topological polar surface area (TPSA) is 37.3 Å². The van der Waals surface area contributed by atoms with Gasteiger partial charge in [0.2, 0.25) is 0 Å². The van der Waals surface area contributed by atoms with Gasteiger partial charge in [0.05, 0.1) is 6.42 Å². The highest BCUT2D eigenvalue weighted by molar-refractivity contribution is 5.67. The van der Waals surface area contributed by atoms with Gasteiger partial charge in [-0.2, -0.15) is 0 Å². The van der Waals surface area contributed by atoms with Crippen LogP contribution in [-0.4, -0.2) is 11.1 Å². The Labute approximate surface area is 112 Å². The maximum atomic E-state index is 10.8. The lowest BCUT2D eigenvalue weighted by Crippen LogP contribution is -2.14. The van der Waals surface area contributed by atoms with Crippen LogP contribution < -0.4 is 0 Å². The number of carboxylic acid groups (broad SMARTS) is 1. The van der Waals surface area contributed by atoms with Crippen molar-refractivity contribution < 1.29 is 9.90 Å². The fraction of sp³-hybridized carbons (Fsp3) is 0.688. The number of carbonyl (C=O) groups is 1. The van der Waals surface area contributed by atoms with E-state index >= 15 is 0 Å². The molecule has 0 aliphatic carbocycles. The van der Waals surface area contributed by atoms with E-state index in [2.05, 4.69) is 20.1 Å². The normalized spacial score (nSPS) is 13.8. The highest BCUT2D eigenvalue weighted by Crippen LogP contribution is 2.24. The van der Waals surface area contributed by atoms with E-state index in [-0.39, 0.29) is 18.3 Å². The lowest BCUT2D eigenvalue weighted by Gasteiger charge is -2.19. The van der Waals surface area contributed by atoms with Crippen LogP contribution in [0.3, 0.4) is 0 Å². The lowest BCUT2D eigenvalue weighted by molar-refractivity contribution is -0.138. The second-order valence-corrected chi connectivity index (χ2v) is 4.95. The van der Waals surface area contributed by atoms with Crippen molar-refractivity contribution in [1.29, 1.82) is 0 Å². The summed E-state index contributed by atoms with van der Waals surface area (Å²) in [5.74, 6) is -0.477. The SMILES string of the molecule is C=CC(CCCCCCCC)C(C=C)CC(=O)O. The Bertz CT molecular complexity index is 245. The Morgan fingerprint density at radius 1 is 1.06 bits per heavy atom. The monoisotopic (exact) mass is 252 g/mol. The highest BCUT2D eigenvalue weighted by Gasteiger charge is 2.18. The van der Waals surface area contributed by atoms with Crippen LogP contribution in [0.4, 0.5) is 0 Å². The van der Waals surface area contributed by atoms with Crippen molar-refractivity contribution in [1.82, 2.24) is 0 Å². The smallest absolute Gasteiger partial charge is 0.303 e. The summed E-state index contributed by atoms with van der Waals surface area (Å²) in [7, 11) is 0. The van der Waals surface area contributed by atoms with E-state index < -0.39 is 5.97 Å². The molecular weight excluding hydrogens is 224 g/mol. The summed E-state index contributed by atoms with van der Waals surface area (Å²) in [6, 6.07) is 0. The largest absolute Gasteiger partial charge is 0.481 e. The zero-order valence-corrected chi connectivity index (χ0v) is 11.7. The average molecular weight is 252 g/mol. The van der Waals surface area contributed by atoms with E-state index in [0.717, 1.165) is 12.8 Å². The summed E-state index contributed by atoms with van der Waals surface area (Å²) < 4.78 is 0. The molecule has 0 fully saturated rings. The Balaban J connectivity index is 3.89. The Kier molecular flexibility index (Phi) is 10.4. The van der Waals surface area contributed by atoms with Crippen LogP contribution in [0.25, 0.3) is 0 Å². The number of allylic oxidation sites excluding steroid dienone is 2. The molecule has 0 spiro atoms. The summed E-state index contributed by atoms with van der Waals surface area (Å²) in [6.07, 6.45) is 12.4. The number of rotatable bonds is 12. The summed E-state index contributed by atoms with van der Waals surface area (Å²) >= 11 is 0. The van der Waals surface area contributed by atoms with Gasteiger partial charge in [0.25, 0.3) is 0 Å². The van der Waals surface area contributed by atoms with Crippen LogP contribution in [0.5, 0.6) is 0 Å². The molecule has 0 aromatic rings. The summed E-state index contributed by atoms with van der Waals surface area (Å²) in [4.78, 5) is 10.8. The fourth-order valence-electron chi connectivity index (χ4n) is 2.28. The second kappa shape index (κ2) is 11.1. The van der Waals surface area contributed by atoms with Crippen molar-refractivity contribution in [3.05, 3.63) is 25.3 Å². The maximum absolute atomic E-state index is 10.8. The van der Waals surface area contributed by atoms with E-state index in [0.29, 0.717) is 0 Å². The molecule has 0 aliphatic heterocycles. The zero-order chi connectivity index (χ0) is 13.8. The molecule has 104 valence electrons. The molecule has 2 unspecified atom stereocenters. The van der Waals surface area contributed by atoms with Crippen molar-refractivity contribution in [2.24, 2.45) is 11.8 Å². The van der Waals surface area contributed by atoms with Crippen LogP contribution in [0.1, 0.15) is 58.3 Å².